The zero-order valence-electron chi connectivity index (χ0n) is 40.7. The van der Waals surface area contributed by atoms with E-state index in [-0.39, 0.29) is 5.41 Å². The van der Waals surface area contributed by atoms with E-state index >= 15 is 0 Å². The largest absolute Gasteiger partial charge is 0.455 e. The van der Waals surface area contributed by atoms with E-state index in [2.05, 4.69) is 241 Å². The van der Waals surface area contributed by atoms with Crippen LogP contribution in [0.3, 0.4) is 0 Å². The van der Waals surface area contributed by atoms with E-state index in [9.17, 15) is 0 Å². The topological polar surface area (TPSA) is 16.4 Å². The third kappa shape index (κ3) is 5.10. The van der Waals surface area contributed by atoms with Crippen LogP contribution >= 0.6 is 0 Å². The predicted molar refractivity (Wildman–Crippen MR) is 307 cm³/mol. The van der Waals surface area contributed by atoms with Crippen LogP contribution in [0.15, 0.2) is 241 Å². The van der Waals surface area contributed by atoms with Crippen molar-refractivity contribution in [2.45, 2.75) is 36.5 Å². The van der Waals surface area contributed by atoms with Crippen LogP contribution in [0.2, 0.25) is 0 Å². The molecule has 346 valence electrons. The quantitative estimate of drug-likeness (QED) is 0.164. The average Bonchev–Trinajstić information content (AvgIpc) is 4.41. The molecule has 1 heterocycles. The van der Waals surface area contributed by atoms with Gasteiger partial charge >= 0.3 is 0 Å². The van der Waals surface area contributed by atoms with Crippen molar-refractivity contribution in [1.82, 2.24) is 0 Å². The van der Waals surface area contributed by atoms with Gasteiger partial charge in [-0.05, 0) is 143 Å². The van der Waals surface area contributed by atoms with Gasteiger partial charge < -0.3 is 9.32 Å². The number of para-hydroxylation sites is 2. The van der Waals surface area contributed by atoms with Crippen molar-refractivity contribution < 1.29 is 4.42 Å². The zero-order valence-corrected chi connectivity index (χ0v) is 40.7. The number of hydrogen-bond acceptors (Lipinski definition) is 2. The molecule has 13 aromatic rings. The molecule has 0 unspecified atom stereocenters. The first-order valence-electron chi connectivity index (χ1n) is 26.5. The molecule has 17 rings (SSSR count). The molecule has 0 bridgehead atoms. The highest BCUT2D eigenvalue weighted by atomic mass is 16.3. The van der Waals surface area contributed by atoms with Gasteiger partial charge in [0.2, 0.25) is 0 Å². The minimum Gasteiger partial charge on any atom is -0.455 e. The lowest BCUT2D eigenvalue weighted by molar-refractivity contribution is 0.550. The molecular formula is C72H47NO. The van der Waals surface area contributed by atoms with E-state index < -0.39 is 5.41 Å². The predicted octanol–water partition coefficient (Wildman–Crippen LogP) is 19.4. The molecule has 0 N–H and O–H groups in total. The van der Waals surface area contributed by atoms with E-state index in [1.807, 2.05) is 0 Å². The second kappa shape index (κ2) is 14.8. The molecule has 1 fully saturated rings. The fraction of sp³-hybridized carbons (Fsp3) is 0.0833. The standard InChI is InChI=1S/C72H47NO/c1-2-21-47-45(19-1)46-20-3-4-22-48(46)57-41-44(37-38-49(47)57)73(66-35-18-34-64-69(66)56-27-8-10-30-60(56)71(64)39-15-16-40-71)67-43-65-58(42-59(67)55-29-17-28-54-53-26-9-14-36-68(53)74-70(54)55)52-25-7-13-33-63(52)72(65)61-31-11-5-23-50(61)51-24-6-12-32-62(51)72/h1-14,17-38,41-43H,15-16,39-40H2. The van der Waals surface area contributed by atoms with Gasteiger partial charge in [-0.1, -0.05) is 213 Å². The number of rotatable bonds is 4. The maximum atomic E-state index is 7.07. The first kappa shape index (κ1) is 40.6. The summed E-state index contributed by atoms with van der Waals surface area (Å²) in [5.41, 5.74) is 22.9. The molecule has 4 aliphatic carbocycles. The molecule has 2 spiro atoms. The maximum absolute atomic E-state index is 7.07. The summed E-state index contributed by atoms with van der Waals surface area (Å²) in [7, 11) is 0. The first-order valence-corrected chi connectivity index (χ1v) is 26.5. The fourth-order valence-corrected chi connectivity index (χ4v) is 15.1. The van der Waals surface area contributed by atoms with Crippen LogP contribution < -0.4 is 4.90 Å². The summed E-state index contributed by atoms with van der Waals surface area (Å²) >= 11 is 0. The SMILES string of the molecule is c1ccc2c(c1)-c1c(N(c3ccc4c5ccccc5c5ccccc5c4c3)c3cc4c(cc3-c3cccc5c3oc3ccccc35)-c3ccccc3C43c4ccccc4-c4ccccc43)cccc1C21CCCC1. The Bertz CT molecular complexity index is 4500. The van der Waals surface area contributed by atoms with Crippen molar-refractivity contribution in [3.8, 4) is 44.5 Å². The Morgan fingerprint density at radius 1 is 0.311 bits per heavy atom. The van der Waals surface area contributed by atoms with Crippen molar-refractivity contribution in [2.24, 2.45) is 0 Å². The average molecular weight is 942 g/mol. The Kier molecular flexibility index (Phi) is 8.13. The summed E-state index contributed by atoms with van der Waals surface area (Å²) < 4.78 is 7.07. The fourth-order valence-electron chi connectivity index (χ4n) is 15.1. The third-order valence-corrected chi connectivity index (χ3v) is 18.0. The normalized spacial score (nSPS) is 15.0. The number of hydrogen-bond donors (Lipinski definition) is 0. The van der Waals surface area contributed by atoms with Crippen molar-refractivity contribution in [1.29, 1.82) is 0 Å². The molecule has 0 saturated heterocycles. The van der Waals surface area contributed by atoms with Crippen molar-refractivity contribution in [3.63, 3.8) is 0 Å². The van der Waals surface area contributed by atoms with Gasteiger partial charge in [0.25, 0.3) is 0 Å². The van der Waals surface area contributed by atoms with Crippen LogP contribution in [0.1, 0.15) is 59.1 Å². The highest BCUT2D eigenvalue weighted by Gasteiger charge is 2.52. The van der Waals surface area contributed by atoms with E-state index in [1.54, 1.807) is 0 Å². The molecule has 0 atom stereocenters. The van der Waals surface area contributed by atoms with Gasteiger partial charge in [0, 0.05) is 38.6 Å². The van der Waals surface area contributed by atoms with Gasteiger partial charge in [-0.2, -0.15) is 0 Å². The highest BCUT2D eigenvalue weighted by Crippen LogP contribution is 2.66. The van der Waals surface area contributed by atoms with Crippen LogP contribution in [-0.4, -0.2) is 0 Å². The van der Waals surface area contributed by atoms with Crippen LogP contribution in [-0.2, 0) is 10.8 Å². The van der Waals surface area contributed by atoms with Gasteiger partial charge in [-0.15, -0.1) is 0 Å². The van der Waals surface area contributed by atoms with E-state index in [0.717, 1.165) is 57.3 Å². The molecule has 0 radical (unpaired) electrons. The van der Waals surface area contributed by atoms with E-state index in [1.165, 1.54) is 118 Å². The van der Waals surface area contributed by atoms with Crippen LogP contribution in [0.25, 0.3) is 98.8 Å². The molecular weight excluding hydrogens is 895 g/mol. The summed E-state index contributed by atoms with van der Waals surface area (Å²) in [6.45, 7) is 0. The highest BCUT2D eigenvalue weighted by molar-refractivity contribution is 6.26. The molecule has 4 aliphatic rings. The van der Waals surface area contributed by atoms with E-state index in [4.69, 9.17) is 4.42 Å². The Morgan fingerprint density at radius 2 is 0.811 bits per heavy atom. The number of fused-ring (bicyclic) bond motifs is 24. The van der Waals surface area contributed by atoms with Crippen LogP contribution in [0.4, 0.5) is 17.1 Å². The maximum Gasteiger partial charge on any atom is 0.143 e. The summed E-state index contributed by atoms with van der Waals surface area (Å²) in [6.07, 6.45) is 4.78. The third-order valence-electron chi connectivity index (χ3n) is 18.0. The van der Waals surface area contributed by atoms with Gasteiger partial charge in [0.15, 0.2) is 0 Å². The van der Waals surface area contributed by atoms with Gasteiger partial charge in [0.1, 0.15) is 11.2 Å². The van der Waals surface area contributed by atoms with Gasteiger partial charge in [0.05, 0.1) is 16.8 Å². The van der Waals surface area contributed by atoms with Gasteiger partial charge in [-0.3, -0.25) is 0 Å². The summed E-state index contributed by atoms with van der Waals surface area (Å²) in [4.78, 5) is 2.66. The van der Waals surface area contributed by atoms with Crippen LogP contribution in [0, 0.1) is 0 Å². The van der Waals surface area contributed by atoms with Crippen molar-refractivity contribution >= 4 is 71.3 Å². The molecule has 0 aliphatic heterocycles. The number of anilines is 3. The zero-order chi connectivity index (χ0) is 48.3. The van der Waals surface area contributed by atoms with Crippen molar-refractivity contribution in [3.05, 3.63) is 270 Å². The second-order valence-electron chi connectivity index (χ2n) is 21.3. The minimum absolute atomic E-state index is 0.0181. The van der Waals surface area contributed by atoms with Gasteiger partial charge in [-0.25, -0.2) is 0 Å². The molecule has 2 nitrogen and oxygen atoms in total. The monoisotopic (exact) mass is 941 g/mol. The van der Waals surface area contributed by atoms with Crippen molar-refractivity contribution in [2.75, 3.05) is 4.90 Å². The lowest BCUT2D eigenvalue weighted by atomic mass is 9.70. The number of benzene rings is 12. The lowest BCUT2D eigenvalue weighted by Crippen LogP contribution is -2.26. The lowest BCUT2D eigenvalue weighted by Gasteiger charge is -2.34. The number of nitrogens with zero attached hydrogens (tertiary/aromatic N) is 1. The van der Waals surface area contributed by atoms with Crippen LogP contribution in [0.5, 0.6) is 0 Å². The molecule has 74 heavy (non-hydrogen) atoms. The number of furan rings is 1. The summed E-state index contributed by atoms with van der Waals surface area (Å²) in [6, 6.07) is 89.8. The Labute approximate surface area is 429 Å². The summed E-state index contributed by atoms with van der Waals surface area (Å²) in [5, 5.41) is 9.81. The van der Waals surface area contributed by atoms with E-state index in [0.29, 0.717) is 0 Å². The summed E-state index contributed by atoms with van der Waals surface area (Å²) in [5.74, 6) is 0. The smallest absolute Gasteiger partial charge is 0.143 e. The molecule has 1 saturated carbocycles. The Balaban J connectivity index is 1.06. The minimum atomic E-state index is -0.554. The molecule has 0 amide bonds. The molecule has 1 aromatic heterocycles. The molecule has 12 aromatic carbocycles. The Morgan fingerprint density at radius 3 is 1.49 bits per heavy atom. The molecule has 2 heteroatoms. The second-order valence-corrected chi connectivity index (χ2v) is 21.3. The Hall–Kier alpha value is -8.98. The first-order chi connectivity index (χ1) is 36.7.